The minimum Gasteiger partial charge on any atom is -0.0885 e. The maximum absolute atomic E-state index is 3.69. The fourth-order valence-electron chi connectivity index (χ4n) is 1.82. The zero-order valence-corrected chi connectivity index (χ0v) is 10.8. The van der Waals surface area contributed by atoms with Crippen molar-refractivity contribution in [3.05, 3.63) is 19.1 Å². The lowest BCUT2D eigenvalue weighted by atomic mass is 10.0. The minimum atomic E-state index is 0.888. The van der Waals surface area contributed by atoms with Gasteiger partial charge in [0.1, 0.15) is 0 Å². The van der Waals surface area contributed by atoms with Crippen molar-refractivity contribution in [2.24, 2.45) is 5.92 Å². The van der Waals surface area contributed by atoms with E-state index in [9.17, 15) is 0 Å². The molecule has 0 spiro atoms. The van der Waals surface area contributed by atoms with Crippen LogP contribution in [0.15, 0.2) is 12.2 Å². The number of allylic oxidation sites excluding steroid dienone is 2. The van der Waals surface area contributed by atoms with E-state index >= 15 is 0 Å². The van der Waals surface area contributed by atoms with E-state index in [1.165, 1.54) is 57.8 Å². The van der Waals surface area contributed by atoms with Gasteiger partial charge in [0, 0.05) is 0 Å². The number of rotatable bonds is 10. The highest BCUT2D eigenvalue weighted by Gasteiger charge is 1.94. The molecule has 0 nitrogen and oxygen atoms in total. The molecular weight excluding hydrogens is 180 g/mol. The maximum Gasteiger partial charge on any atom is -0.0316 e. The van der Waals surface area contributed by atoms with Crippen molar-refractivity contribution in [1.82, 2.24) is 0 Å². The summed E-state index contributed by atoms with van der Waals surface area (Å²) in [5.74, 6) is 0.888. The molecule has 0 saturated carbocycles. The molecule has 0 saturated heterocycles. The Balaban J connectivity index is 2.92. The molecule has 0 amide bonds. The summed E-state index contributed by atoms with van der Waals surface area (Å²) in [7, 11) is 0. The molecule has 0 unspecified atom stereocenters. The zero-order valence-electron chi connectivity index (χ0n) is 10.8. The quantitative estimate of drug-likeness (QED) is 0.414. The van der Waals surface area contributed by atoms with Crippen LogP contribution in [0, 0.1) is 12.8 Å². The van der Waals surface area contributed by atoms with Gasteiger partial charge < -0.3 is 0 Å². The van der Waals surface area contributed by atoms with Crippen LogP contribution in [0.4, 0.5) is 0 Å². The lowest BCUT2D eigenvalue weighted by molar-refractivity contribution is 0.509. The van der Waals surface area contributed by atoms with Crippen LogP contribution in [0.5, 0.6) is 0 Å². The average Bonchev–Trinajstić information content (AvgIpc) is 2.20. The van der Waals surface area contributed by atoms with E-state index in [0.29, 0.717) is 0 Å². The van der Waals surface area contributed by atoms with Gasteiger partial charge >= 0.3 is 0 Å². The second-order valence-electron chi connectivity index (χ2n) is 4.92. The molecule has 15 heavy (non-hydrogen) atoms. The Morgan fingerprint density at radius 3 is 1.93 bits per heavy atom. The Morgan fingerprint density at radius 1 is 0.867 bits per heavy atom. The first-order valence-corrected chi connectivity index (χ1v) is 6.71. The largest absolute Gasteiger partial charge is 0.0885 e. The summed E-state index contributed by atoms with van der Waals surface area (Å²) in [5, 5.41) is 0. The second kappa shape index (κ2) is 11.8. The fourth-order valence-corrected chi connectivity index (χ4v) is 1.82. The predicted molar refractivity (Wildman–Crippen MR) is 70.9 cm³/mol. The molecule has 0 bridgehead atoms. The van der Waals surface area contributed by atoms with E-state index in [0.717, 1.165) is 5.92 Å². The molecule has 0 fully saturated rings. The van der Waals surface area contributed by atoms with Crippen LogP contribution in [0.25, 0.3) is 0 Å². The van der Waals surface area contributed by atoms with Crippen LogP contribution in [0.3, 0.4) is 0 Å². The Kier molecular flexibility index (Phi) is 11.6. The lowest BCUT2D eigenvalue weighted by Crippen LogP contribution is -1.87. The van der Waals surface area contributed by atoms with Gasteiger partial charge in [-0.25, -0.2) is 0 Å². The van der Waals surface area contributed by atoms with E-state index < -0.39 is 0 Å². The molecule has 0 aromatic carbocycles. The Hall–Kier alpha value is -0.260. The summed E-state index contributed by atoms with van der Waals surface area (Å²) < 4.78 is 0. The van der Waals surface area contributed by atoms with E-state index in [-0.39, 0.29) is 0 Å². The minimum absolute atomic E-state index is 0.888. The molecule has 0 heteroatoms. The zero-order chi connectivity index (χ0) is 11.4. The third kappa shape index (κ3) is 13.7. The number of hydrogen-bond acceptors (Lipinski definition) is 0. The first-order valence-electron chi connectivity index (χ1n) is 6.71. The number of hydrogen-bond donors (Lipinski definition) is 0. The highest BCUT2D eigenvalue weighted by atomic mass is 14.0. The van der Waals surface area contributed by atoms with Gasteiger partial charge in [0.05, 0.1) is 0 Å². The number of unbranched alkanes of at least 4 members (excludes halogenated alkanes) is 7. The second-order valence-corrected chi connectivity index (χ2v) is 4.92. The highest BCUT2D eigenvalue weighted by molar-refractivity contribution is 4.83. The van der Waals surface area contributed by atoms with Crippen LogP contribution in [0.1, 0.15) is 71.6 Å². The van der Waals surface area contributed by atoms with Crippen LogP contribution in [-0.4, -0.2) is 0 Å². The third-order valence-electron chi connectivity index (χ3n) is 2.82. The van der Waals surface area contributed by atoms with Crippen molar-refractivity contribution in [1.29, 1.82) is 0 Å². The Morgan fingerprint density at radius 2 is 1.40 bits per heavy atom. The summed E-state index contributed by atoms with van der Waals surface area (Å²) in [6.07, 6.45) is 16.6. The molecule has 0 aromatic heterocycles. The SMILES string of the molecule is [CH2]/C=C/CCCCCCCCCC(C)C. The van der Waals surface area contributed by atoms with Gasteiger partial charge in [-0.15, -0.1) is 0 Å². The molecule has 0 atom stereocenters. The van der Waals surface area contributed by atoms with Gasteiger partial charge in [-0.05, 0) is 25.7 Å². The van der Waals surface area contributed by atoms with Crippen LogP contribution < -0.4 is 0 Å². The summed E-state index contributed by atoms with van der Waals surface area (Å²) >= 11 is 0. The summed E-state index contributed by atoms with van der Waals surface area (Å²) in [4.78, 5) is 0. The Labute approximate surface area is 97.2 Å². The lowest BCUT2D eigenvalue weighted by Gasteiger charge is -2.04. The third-order valence-corrected chi connectivity index (χ3v) is 2.82. The molecule has 0 aliphatic carbocycles. The van der Waals surface area contributed by atoms with Gasteiger partial charge in [-0.1, -0.05) is 70.9 Å². The molecule has 0 rings (SSSR count). The van der Waals surface area contributed by atoms with E-state index in [2.05, 4.69) is 26.8 Å². The van der Waals surface area contributed by atoms with Gasteiger partial charge in [-0.3, -0.25) is 0 Å². The first kappa shape index (κ1) is 14.7. The molecule has 0 N–H and O–H groups in total. The van der Waals surface area contributed by atoms with Crippen molar-refractivity contribution >= 4 is 0 Å². The molecule has 0 heterocycles. The Bertz CT molecular complexity index is 133. The first-order chi connectivity index (χ1) is 7.27. The van der Waals surface area contributed by atoms with Crippen LogP contribution in [0.2, 0.25) is 0 Å². The van der Waals surface area contributed by atoms with E-state index in [1.807, 2.05) is 6.08 Å². The van der Waals surface area contributed by atoms with Gasteiger partial charge in [0.2, 0.25) is 0 Å². The standard InChI is InChI=1S/C15H29/c1-4-5-6-7-8-9-10-11-12-13-14-15(2)3/h4-5,15H,1,6-14H2,2-3H3/b5-4+. The topological polar surface area (TPSA) is 0 Å². The van der Waals surface area contributed by atoms with Gasteiger partial charge in [-0.2, -0.15) is 0 Å². The van der Waals surface area contributed by atoms with Crippen molar-refractivity contribution in [2.45, 2.75) is 71.6 Å². The normalized spacial score (nSPS) is 11.7. The molecule has 0 aliphatic heterocycles. The average molecular weight is 209 g/mol. The van der Waals surface area contributed by atoms with Crippen LogP contribution >= 0.6 is 0 Å². The van der Waals surface area contributed by atoms with Crippen molar-refractivity contribution in [3.63, 3.8) is 0 Å². The molecule has 1 radical (unpaired) electrons. The molecule has 89 valence electrons. The van der Waals surface area contributed by atoms with Gasteiger partial charge in [0.15, 0.2) is 0 Å². The van der Waals surface area contributed by atoms with Crippen molar-refractivity contribution in [2.75, 3.05) is 0 Å². The fraction of sp³-hybridized carbons (Fsp3) is 0.800. The summed E-state index contributed by atoms with van der Waals surface area (Å²) in [6, 6.07) is 0. The predicted octanol–water partition coefficient (Wildman–Crippen LogP) is 5.54. The van der Waals surface area contributed by atoms with Crippen molar-refractivity contribution in [3.8, 4) is 0 Å². The molecular formula is C15H29. The van der Waals surface area contributed by atoms with Crippen LogP contribution in [-0.2, 0) is 0 Å². The summed E-state index contributed by atoms with van der Waals surface area (Å²) in [6.45, 7) is 8.32. The van der Waals surface area contributed by atoms with E-state index in [1.54, 1.807) is 0 Å². The maximum atomic E-state index is 3.69. The summed E-state index contributed by atoms with van der Waals surface area (Å²) in [5.41, 5.74) is 0. The molecule has 0 aromatic rings. The molecule has 0 aliphatic rings. The highest BCUT2D eigenvalue weighted by Crippen LogP contribution is 2.12. The van der Waals surface area contributed by atoms with Crippen molar-refractivity contribution < 1.29 is 0 Å². The smallest absolute Gasteiger partial charge is 0.0316 e. The van der Waals surface area contributed by atoms with Gasteiger partial charge in [0.25, 0.3) is 0 Å². The monoisotopic (exact) mass is 209 g/mol. The van der Waals surface area contributed by atoms with E-state index in [4.69, 9.17) is 0 Å².